The fraction of sp³-hybridized carbons (Fsp3) is 0.769. The molecule has 1 aliphatic heterocycles. The number of aromatic nitrogens is 3. The van der Waals surface area contributed by atoms with Gasteiger partial charge in [-0.05, 0) is 25.7 Å². The van der Waals surface area contributed by atoms with Gasteiger partial charge in [0.1, 0.15) is 6.33 Å². The van der Waals surface area contributed by atoms with Crippen LogP contribution in [0.4, 0.5) is 0 Å². The Bertz CT molecular complexity index is 487. The lowest BCUT2D eigenvalue weighted by molar-refractivity contribution is -0.115. The summed E-state index contributed by atoms with van der Waals surface area (Å²) in [6.07, 6.45) is 9.68. The molecule has 2 heterocycles. The van der Waals surface area contributed by atoms with Gasteiger partial charge in [0.2, 0.25) is 11.7 Å². The molecule has 0 bridgehead atoms. The second-order valence-corrected chi connectivity index (χ2v) is 5.77. The molecular formula is C13H21N5O2. The van der Waals surface area contributed by atoms with Gasteiger partial charge in [0, 0.05) is 6.61 Å². The molecule has 0 radical (unpaired) electrons. The maximum absolute atomic E-state index is 8.66. The van der Waals surface area contributed by atoms with Crippen molar-refractivity contribution in [3.63, 3.8) is 0 Å². The lowest BCUT2D eigenvalue weighted by Gasteiger charge is -2.43. The van der Waals surface area contributed by atoms with E-state index >= 15 is 0 Å². The Kier molecular flexibility index (Phi) is 3.60. The first kappa shape index (κ1) is 13.4. The fourth-order valence-electron chi connectivity index (χ4n) is 3.39. The molecule has 2 fully saturated rings. The number of hydrogen-bond donors (Lipinski definition) is 2. The van der Waals surface area contributed by atoms with Gasteiger partial charge in [-0.2, -0.15) is 0 Å². The second kappa shape index (κ2) is 5.40. The Balaban J connectivity index is 1.75. The van der Waals surface area contributed by atoms with Crippen LogP contribution >= 0.6 is 0 Å². The lowest BCUT2D eigenvalue weighted by Crippen LogP contribution is -2.42. The van der Waals surface area contributed by atoms with E-state index in [2.05, 4.69) is 15.2 Å². The van der Waals surface area contributed by atoms with Gasteiger partial charge in [-0.1, -0.05) is 24.4 Å². The summed E-state index contributed by atoms with van der Waals surface area (Å²) in [6.45, 7) is 0.767. The Morgan fingerprint density at radius 3 is 3.00 bits per heavy atom. The van der Waals surface area contributed by atoms with E-state index in [0.29, 0.717) is 0 Å². The van der Waals surface area contributed by atoms with Crippen LogP contribution in [0.25, 0.3) is 0 Å². The fourth-order valence-corrected chi connectivity index (χ4v) is 3.39. The van der Waals surface area contributed by atoms with Crippen molar-refractivity contribution >= 4 is 5.84 Å². The number of ether oxygens (including phenoxy) is 1. The Hall–Kier alpha value is -1.63. The first-order valence-corrected chi connectivity index (χ1v) is 7.25. The molecule has 3 rings (SSSR count). The molecular weight excluding hydrogens is 258 g/mol. The smallest absolute Gasteiger partial charge is 0.219 e. The predicted molar refractivity (Wildman–Crippen MR) is 72.6 cm³/mol. The first-order valence-electron chi connectivity index (χ1n) is 7.25. The topological polar surface area (TPSA) is 98.6 Å². The van der Waals surface area contributed by atoms with Crippen molar-refractivity contribution in [2.45, 2.75) is 56.6 Å². The van der Waals surface area contributed by atoms with Crippen LogP contribution in [0.3, 0.4) is 0 Å². The van der Waals surface area contributed by atoms with Crippen molar-refractivity contribution in [2.75, 3.05) is 6.61 Å². The highest BCUT2D eigenvalue weighted by Crippen LogP contribution is 2.41. The van der Waals surface area contributed by atoms with Gasteiger partial charge in [-0.3, -0.25) is 0 Å². The van der Waals surface area contributed by atoms with Crippen molar-refractivity contribution in [1.82, 2.24) is 14.8 Å². The number of hydrogen-bond acceptors (Lipinski definition) is 5. The van der Waals surface area contributed by atoms with Crippen molar-refractivity contribution in [3.8, 4) is 0 Å². The lowest BCUT2D eigenvalue weighted by atomic mass is 9.78. The van der Waals surface area contributed by atoms with Crippen LogP contribution in [-0.4, -0.2) is 38.0 Å². The number of nitrogens with zero attached hydrogens (tertiary/aromatic N) is 4. The van der Waals surface area contributed by atoms with Crippen molar-refractivity contribution in [1.29, 1.82) is 0 Å². The summed E-state index contributed by atoms with van der Waals surface area (Å²) in [4.78, 5) is 4.09. The average Bonchev–Trinajstić information content (AvgIpc) is 2.97. The second-order valence-electron chi connectivity index (χ2n) is 5.77. The van der Waals surface area contributed by atoms with E-state index in [9.17, 15) is 0 Å². The SMILES string of the molecule is NC(=NO)c1ncn(C2CCOC3(CCCCC3)C2)n1. The van der Waals surface area contributed by atoms with Crippen LogP contribution in [0.1, 0.15) is 56.8 Å². The molecule has 7 nitrogen and oxygen atoms in total. The van der Waals surface area contributed by atoms with Crippen molar-refractivity contribution in [2.24, 2.45) is 10.9 Å². The molecule has 1 aromatic rings. The molecule has 1 atom stereocenters. The molecule has 0 aromatic carbocycles. The number of nitrogens with two attached hydrogens (primary N) is 1. The van der Waals surface area contributed by atoms with Gasteiger partial charge in [0.15, 0.2) is 0 Å². The first-order chi connectivity index (χ1) is 9.72. The Labute approximate surface area is 117 Å². The van der Waals surface area contributed by atoms with Crippen LogP contribution in [-0.2, 0) is 4.74 Å². The van der Waals surface area contributed by atoms with Crippen molar-refractivity contribution in [3.05, 3.63) is 12.2 Å². The predicted octanol–water partition coefficient (Wildman–Crippen LogP) is 1.43. The maximum atomic E-state index is 8.66. The third-order valence-corrected chi connectivity index (χ3v) is 4.45. The minimum Gasteiger partial charge on any atom is -0.409 e. The van der Waals surface area contributed by atoms with Gasteiger partial charge in [0.05, 0.1) is 11.6 Å². The molecule has 20 heavy (non-hydrogen) atoms. The molecule has 1 saturated carbocycles. The summed E-state index contributed by atoms with van der Waals surface area (Å²) < 4.78 is 7.92. The monoisotopic (exact) mass is 279 g/mol. The normalized spacial score (nSPS) is 26.8. The molecule has 7 heteroatoms. The molecule has 0 amide bonds. The highest BCUT2D eigenvalue weighted by molar-refractivity contribution is 5.93. The third-order valence-electron chi connectivity index (χ3n) is 4.45. The third kappa shape index (κ3) is 2.49. The minimum absolute atomic E-state index is 0.0316. The van der Waals surface area contributed by atoms with Crippen LogP contribution in [0.15, 0.2) is 11.5 Å². The molecule has 110 valence electrons. The van der Waals surface area contributed by atoms with Crippen molar-refractivity contribution < 1.29 is 9.94 Å². The van der Waals surface area contributed by atoms with Gasteiger partial charge >= 0.3 is 0 Å². The summed E-state index contributed by atoms with van der Waals surface area (Å²) >= 11 is 0. The average molecular weight is 279 g/mol. The van der Waals surface area contributed by atoms with Gasteiger partial charge < -0.3 is 15.7 Å². The van der Waals surface area contributed by atoms with E-state index in [-0.39, 0.29) is 23.3 Å². The van der Waals surface area contributed by atoms with Crippen LogP contribution in [0.5, 0.6) is 0 Å². The van der Waals surface area contributed by atoms with Gasteiger partial charge in [-0.25, -0.2) is 9.67 Å². The van der Waals surface area contributed by atoms with E-state index in [4.69, 9.17) is 15.7 Å². The van der Waals surface area contributed by atoms with E-state index in [0.717, 1.165) is 32.3 Å². The maximum Gasteiger partial charge on any atom is 0.219 e. The summed E-state index contributed by atoms with van der Waals surface area (Å²) in [5.74, 6) is 0.222. The molecule has 2 aliphatic rings. The van der Waals surface area contributed by atoms with E-state index in [1.165, 1.54) is 19.3 Å². The highest BCUT2D eigenvalue weighted by Gasteiger charge is 2.39. The van der Waals surface area contributed by atoms with Gasteiger partial charge in [0.25, 0.3) is 0 Å². The van der Waals surface area contributed by atoms with E-state index in [1.54, 1.807) is 6.33 Å². The molecule has 1 saturated heterocycles. The molecule has 1 aromatic heterocycles. The number of amidine groups is 1. The number of oxime groups is 1. The molecule has 1 aliphatic carbocycles. The molecule has 1 unspecified atom stereocenters. The van der Waals surface area contributed by atoms with E-state index in [1.807, 2.05) is 4.68 Å². The summed E-state index contributed by atoms with van der Waals surface area (Å²) in [5.41, 5.74) is 5.54. The van der Waals surface area contributed by atoms with Crippen LogP contribution < -0.4 is 5.73 Å². The summed E-state index contributed by atoms with van der Waals surface area (Å²) in [5, 5.41) is 15.9. The van der Waals surface area contributed by atoms with Gasteiger partial charge in [-0.15, -0.1) is 5.10 Å². The largest absolute Gasteiger partial charge is 0.409 e. The molecule has 3 N–H and O–H groups in total. The van der Waals surface area contributed by atoms with Crippen LogP contribution in [0.2, 0.25) is 0 Å². The zero-order chi connectivity index (χ0) is 14.0. The Morgan fingerprint density at radius 2 is 2.25 bits per heavy atom. The zero-order valence-electron chi connectivity index (χ0n) is 11.5. The standard InChI is InChI=1S/C13H21N5O2/c14-11(17-19)12-15-9-18(16-12)10-4-7-20-13(8-10)5-2-1-3-6-13/h9-10,19H,1-8H2,(H2,14,17). The minimum atomic E-state index is -0.0526. The molecule has 1 spiro atoms. The van der Waals surface area contributed by atoms with E-state index < -0.39 is 0 Å². The zero-order valence-corrected chi connectivity index (χ0v) is 11.5. The number of rotatable bonds is 2. The summed E-state index contributed by atoms with van der Waals surface area (Å²) in [6, 6.07) is 0.287. The summed E-state index contributed by atoms with van der Waals surface area (Å²) in [7, 11) is 0. The highest BCUT2D eigenvalue weighted by atomic mass is 16.5. The Morgan fingerprint density at radius 1 is 1.45 bits per heavy atom. The van der Waals surface area contributed by atoms with Crippen LogP contribution in [0, 0.1) is 0 Å². The quantitative estimate of drug-likeness (QED) is 0.369.